The third-order valence-electron chi connectivity index (χ3n) is 6.13. The van der Waals surface area contributed by atoms with E-state index in [0.717, 1.165) is 6.07 Å². The lowest BCUT2D eigenvalue weighted by Gasteiger charge is -2.35. The number of ether oxygens (including phenoxy) is 4. The summed E-state index contributed by atoms with van der Waals surface area (Å²) in [5.41, 5.74) is 3.50. The predicted octanol–water partition coefficient (Wildman–Crippen LogP) is 4.62. The molecule has 1 aliphatic rings. The van der Waals surface area contributed by atoms with Gasteiger partial charge in [-0.15, -0.1) is 0 Å². The van der Waals surface area contributed by atoms with Gasteiger partial charge in [0.2, 0.25) is 0 Å². The van der Waals surface area contributed by atoms with Gasteiger partial charge in [0.05, 0.1) is 24.3 Å². The minimum absolute atomic E-state index is 0.0285. The molecule has 3 amide bonds. The van der Waals surface area contributed by atoms with Gasteiger partial charge < -0.3 is 18.9 Å². The van der Waals surface area contributed by atoms with Crippen LogP contribution in [0.5, 0.6) is 11.5 Å². The van der Waals surface area contributed by atoms with Crippen LogP contribution in [-0.2, 0) is 9.47 Å². The van der Waals surface area contributed by atoms with Gasteiger partial charge in [-0.1, -0.05) is 0 Å². The molecule has 226 valence electrons. The summed E-state index contributed by atoms with van der Waals surface area (Å²) in [5.74, 6) is -2.02. The minimum Gasteiger partial charge on any atom is -0.490 e. The smallest absolute Gasteiger partial charge is 0.413 e. The molecule has 2 aromatic carbocycles. The molecule has 11 nitrogen and oxygen atoms in total. The average Bonchev–Trinajstić information content (AvgIpc) is 3.20. The number of carbonyl (C=O) groups excluding carboxylic acids is 3. The topological polar surface area (TPSA) is 139 Å². The van der Waals surface area contributed by atoms with Crippen molar-refractivity contribution in [3.05, 3.63) is 58.4 Å². The van der Waals surface area contributed by atoms with Crippen molar-refractivity contribution >= 4 is 17.9 Å². The first-order valence-corrected chi connectivity index (χ1v) is 13.4. The van der Waals surface area contributed by atoms with Crippen LogP contribution in [0.2, 0.25) is 0 Å². The Labute approximate surface area is 244 Å². The highest BCUT2D eigenvalue weighted by Gasteiger charge is 2.46. The Morgan fingerprint density at radius 3 is 2.43 bits per heavy atom. The van der Waals surface area contributed by atoms with E-state index in [1.807, 2.05) is 19.9 Å². The first kappa shape index (κ1) is 32.1. The summed E-state index contributed by atoms with van der Waals surface area (Å²) in [6.07, 6.45) is -0.736. The molecule has 2 N–H and O–H groups in total. The van der Waals surface area contributed by atoms with E-state index in [2.05, 4.69) is 10.9 Å². The largest absolute Gasteiger partial charge is 0.490 e. The third-order valence-corrected chi connectivity index (χ3v) is 6.13. The van der Waals surface area contributed by atoms with E-state index in [-0.39, 0.29) is 41.8 Å². The number of nitrogens with zero attached hydrogens (tertiary/aromatic N) is 2. The summed E-state index contributed by atoms with van der Waals surface area (Å²) in [6, 6.07) is 8.09. The van der Waals surface area contributed by atoms with Crippen molar-refractivity contribution in [2.45, 2.75) is 78.9 Å². The van der Waals surface area contributed by atoms with Crippen molar-refractivity contribution in [3.63, 3.8) is 0 Å². The lowest BCUT2D eigenvalue weighted by Crippen LogP contribution is -2.51. The van der Waals surface area contributed by atoms with E-state index in [4.69, 9.17) is 18.9 Å². The number of halogens is 1. The molecule has 1 atom stereocenters. The maximum atomic E-state index is 15.0. The van der Waals surface area contributed by atoms with E-state index in [9.17, 15) is 24.0 Å². The zero-order chi connectivity index (χ0) is 31.4. The fraction of sp³-hybridized carbons (Fsp3) is 0.467. The zero-order valence-electron chi connectivity index (χ0n) is 25.1. The number of carbonyl (C=O) groups is 3. The Morgan fingerprint density at radius 2 is 1.81 bits per heavy atom. The lowest BCUT2D eigenvalue weighted by atomic mass is 10.1. The van der Waals surface area contributed by atoms with Crippen LogP contribution >= 0.6 is 0 Å². The van der Waals surface area contributed by atoms with E-state index in [1.54, 1.807) is 41.5 Å². The standard InChI is InChI=1S/C30H37FN4O7/c1-17(2)41-24-10-9-19(12-20(24)14-32)26(36)33-34-27(37)22-13-23(31)25(11-18(22)3)39-15-21-16-40-30(7,8)35(21)28(38)42-29(4,5)6/h9-13,17,21H,15-16H2,1-8H3,(H,33,36)(H,34,37)/t21-/m0/s1. The second-order valence-corrected chi connectivity index (χ2v) is 11.6. The van der Waals surface area contributed by atoms with Gasteiger partial charge in [0, 0.05) is 11.1 Å². The van der Waals surface area contributed by atoms with Crippen LogP contribution in [0.25, 0.3) is 0 Å². The predicted molar refractivity (Wildman–Crippen MR) is 150 cm³/mol. The lowest BCUT2D eigenvalue weighted by molar-refractivity contribution is -0.0637. The number of aryl methyl sites for hydroxylation is 1. The van der Waals surface area contributed by atoms with E-state index >= 15 is 0 Å². The Morgan fingerprint density at radius 1 is 1.14 bits per heavy atom. The fourth-order valence-corrected chi connectivity index (χ4v) is 4.25. The number of hydrogen-bond acceptors (Lipinski definition) is 8. The van der Waals surface area contributed by atoms with Gasteiger partial charge in [-0.05, 0) is 91.3 Å². The van der Waals surface area contributed by atoms with Gasteiger partial charge in [-0.25, -0.2) is 9.18 Å². The van der Waals surface area contributed by atoms with Crippen molar-refractivity contribution in [2.24, 2.45) is 0 Å². The molecule has 0 spiro atoms. The molecule has 0 aliphatic carbocycles. The Bertz CT molecular complexity index is 1400. The van der Waals surface area contributed by atoms with Gasteiger partial charge in [-0.2, -0.15) is 5.26 Å². The van der Waals surface area contributed by atoms with Gasteiger partial charge >= 0.3 is 6.09 Å². The molecule has 42 heavy (non-hydrogen) atoms. The van der Waals surface area contributed by atoms with Crippen LogP contribution < -0.4 is 20.3 Å². The Balaban J connectivity index is 1.65. The molecule has 0 aromatic heterocycles. The number of benzene rings is 2. The molecule has 2 aromatic rings. The van der Waals surface area contributed by atoms with Gasteiger partial charge in [0.25, 0.3) is 11.8 Å². The number of rotatable bonds is 7. The van der Waals surface area contributed by atoms with E-state index in [1.165, 1.54) is 29.2 Å². The van der Waals surface area contributed by atoms with Crippen molar-refractivity contribution < 1.29 is 37.7 Å². The monoisotopic (exact) mass is 584 g/mol. The molecule has 0 unspecified atom stereocenters. The molecule has 1 fully saturated rings. The molecular weight excluding hydrogens is 547 g/mol. The van der Waals surface area contributed by atoms with Crippen LogP contribution in [0.15, 0.2) is 30.3 Å². The summed E-state index contributed by atoms with van der Waals surface area (Å²) in [6.45, 7) is 14.0. The molecule has 0 bridgehead atoms. The van der Waals surface area contributed by atoms with Crippen LogP contribution in [0.1, 0.15) is 80.3 Å². The quantitative estimate of drug-likeness (QED) is 0.450. The van der Waals surface area contributed by atoms with Crippen LogP contribution in [0.4, 0.5) is 9.18 Å². The highest BCUT2D eigenvalue weighted by Crippen LogP contribution is 2.31. The Hall–Kier alpha value is -4.37. The third kappa shape index (κ3) is 7.88. The molecule has 0 radical (unpaired) electrons. The highest BCUT2D eigenvalue weighted by molar-refractivity contribution is 6.00. The highest BCUT2D eigenvalue weighted by atomic mass is 19.1. The number of amides is 3. The first-order valence-electron chi connectivity index (χ1n) is 13.4. The van der Waals surface area contributed by atoms with Crippen molar-refractivity contribution in [1.82, 2.24) is 15.8 Å². The summed E-state index contributed by atoms with van der Waals surface area (Å²) in [4.78, 5) is 39.6. The number of nitriles is 1. The van der Waals surface area contributed by atoms with Gasteiger partial charge in [0.15, 0.2) is 11.6 Å². The summed E-state index contributed by atoms with van der Waals surface area (Å²) in [7, 11) is 0. The van der Waals surface area contributed by atoms with Crippen LogP contribution in [-0.4, -0.2) is 59.5 Å². The second kappa shape index (κ2) is 12.7. The Kier molecular flexibility index (Phi) is 9.68. The van der Waals surface area contributed by atoms with Crippen molar-refractivity contribution in [2.75, 3.05) is 13.2 Å². The molecule has 3 rings (SSSR count). The molecule has 12 heteroatoms. The summed E-state index contributed by atoms with van der Waals surface area (Å²) >= 11 is 0. The number of hydrazine groups is 1. The molecular formula is C30H37FN4O7. The maximum Gasteiger partial charge on any atom is 0.413 e. The molecule has 1 aliphatic heterocycles. The fourth-order valence-electron chi connectivity index (χ4n) is 4.25. The summed E-state index contributed by atoms with van der Waals surface area (Å²) < 4.78 is 37.5. The van der Waals surface area contributed by atoms with Crippen molar-refractivity contribution in [3.8, 4) is 17.6 Å². The van der Waals surface area contributed by atoms with Crippen LogP contribution in [0, 0.1) is 24.1 Å². The molecule has 1 heterocycles. The second-order valence-electron chi connectivity index (χ2n) is 11.6. The van der Waals surface area contributed by atoms with Gasteiger partial charge in [0.1, 0.15) is 29.8 Å². The molecule has 1 saturated heterocycles. The SMILES string of the molecule is Cc1cc(OC[C@H]2COC(C)(C)N2C(=O)OC(C)(C)C)c(F)cc1C(=O)NNC(=O)c1ccc(OC(C)C)c(C#N)c1. The minimum atomic E-state index is -0.947. The van der Waals surface area contributed by atoms with Crippen molar-refractivity contribution in [1.29, 1.82) is 5.26 Å². The summed E-state index contributed by atoms with van der Waals surface area (Å²) in [5, 5.41) is 9.38. The number of hydrogen-bond donors (Lipinski definition) is 2. The van der Waals surface area contributed by atoms with Gasteiger partial charge in [-0.3, -0.25) is 25.3 Å². The normalized spacial score (nSPS) is 16.0. The van der Waals surface area contributed by atoms with Crippen LogP contribution in [0.3, 0.4) is 0 Å². The maximum absolute atomic E-state index is 15.0. The number of nitrogens with one attached hydrogen (secondary N) is 2. The first-order chi connectivity index (χ1) is 19.5. The zero-order valence-corrected chi connectivity index (χ0v) is 25.1. The molecule has 0 saturated carbocycles. The van der Waals surface area contributed by atoms with E-state index in [0.29, 0.717) is 11.3 Å². The average molecular weight is 585 g/mol. The van der Waals surface area contributed by atoms with E-state index < -0.39 is 41.1 Å².